The summed E-state index contributed by atoms with van der Waals surface area (Å²) in [5.41, 5.74) is 1.01. The average Bonchev–Trinajstić information content (AvgIpc) is 2.89. The number of nitrogens with one attached hydrogen (secondary N) is 1. The number of amides is 2. The standard InChI is InChI=1S/C18H28N2O3/c1-13(2)23-16-8-4-6-14(10-16)11-19-18(22)20(3)12-15-7-5-9-17(15)21/h4,6,8,10,13,15,17,21H,5,7,9,11-12H2,1-3H3,(H,19,22). The summed E-state index contributed by atoms with van der Waals surface area (Å²) in [6.45, 7) is 5.04. The lowest BCUT2D eigenvalue weighted by molar-refractivity contribution is 0.114. The van der Waals surface area contributed by atoms with Gasteiger partial charge in [-0.2, -0.15) is 0 Å². The maximum Gasteiger partial charge on any atom is 0.317 e. The first kappa shape index (κ1) is 17.6. The molecule has 2 rings (SSSR count). The number of nitrogens with zero attached hydrogens (tertiary/aromatic N) is 1. The van der Waals surface area contributed by atoms with Gasteiger partial charge in [0.05, 0.1) is 12.2 Å². The van der Waals surface area contributed by atoms with Gasteiger partial charge in [0.2, 0.25) is 0 Å². The number of hydrogen-bond acceptors (Lipinski definition) is 3. The summed E-state index contributed by atoms with van der Waals surface area (Å²) in [4.78, 5) is 13.8. The number of carbonyl (C=O) groups is 1. The van der Waals surface area contributed by atoms with E-state index in [0.29, 0.717) is 13.1 Å². The molecule has 1 aromatic rings. The minimum atomic E-state index is -0.268. The van der Waals surface area contributed by atoms with E-state index in [1.54, 1.807) is 11.9 Å². The van der Waals surface area contributed by atoms with Gasteiger partial charge in [0.25, 0.3) is 0 Å². The quantitative estimate of drug-likeness (QED) is 0.847. The lowest BCUT2D eigenvalue weighted by atomic mass is 10.1. The molecule has 23 heavy (non-hydrogen) atoms. The molecule has 2 N–H and O–H groups in total. The third-order valence-electron chi connectivity index (χ3n) is 4.19. The summed E-state index contributed by atoms with van der Waals surface area (Å²) in [6.07, 6.45) is 2.75. The van der Waals surface area contributed by atoms with Crippen LogP contribution in [0, 0.1) is 5.92 Å². The van der Waals surface area contributed by atoms with E-state index >= 15 is 0 Å². The highest BCUT2D eigenvalue weighted by Crippen LogP contribution is 2.26. The first-order valence-electron chi connectivity index (χ1n) is 8.38. The van der Waals surface area contributed by atoms with Crippen molar-refractivity contribution in [3.8, 4) is 5.75 Å². The van der Waals surface area contributed by atoms with Crippen LogP contribution in [-0.4, -0.2) is 41.8 Å². The highest BCUT2D eigenvalue weighted by Gasteiger charge is 2.27. The maximum absolute atomic E-state index is 12.2. The third kappa shape index (κ3) is 5.43. The molecule has 1 fully saturated rings. The molecular weight excluding hydrogens is 292 g/mol. The molecule has 128 valence electrons. The zero-order valence-corrected chi connectivity index (χ0v) is 14.3. The Morgan fingerprint density at radius 1 is 1.43 bits per heavy atom. The highest BCUT2D eigenvalue weighted by atomic mass is 16.5. The number of rotatable bonds is 6. The van der Waals surface area contributed by atoms with Crippen LogP contribution in [-0.2, 0) is 6.54 Å². The molecular formula is C18H28N2O3. The molecule has 2 amide bonds. The van der Waals surface area contributed by atoms with Crippen molar-refractivity contribution in [2.75, 3.05) is 13.6 Å². The monoisotopic (exact) mass is 320 g/mol. The summed E-state index contributed by atoms with van der Waals surface area (Å²) in [5.74, 6) is 1.02. The Hall–Kier alpha value is -1.75. The minimum Gasteiger partial charge on any atom is -0.491 e. The molecule has 2 atom stereocenters. The molecule has 0 aromatic heterocycles. The van der Waals surface area contributed by atoms with Crippen molar-refractivity contribution in [1.82, 2.24) is 10.2 Å². The lowest BCUT2D eigenvalue weighted by Gasteiger charge is -2.23. The lowest BCUT2D eigenvalue weighted by Crippen LogP contribution is -2.40. The Labute approximate surface area is 138 Å². The van der Waals surface area contributed by atoms with Crippen molar-refractivity contribution in [3.63, 3.8) is 0 Å². The van der Waals surface area contributed by atoms with E-state index in [2.05, 4.69) is 5.32 Å². The van der Waals surface area contributed by atoms with Gasteiger partial charge in [-0.1, -0.05) is 18.6 Å². The van der Waals surface area contributed by atoms with E-state index in [1.807, 2.05) is 38.1 Å². The van der Waals surface area contributed by atoms with Crippen LogP contribution >= 0.6 is 0 Å². The Bertz CT molecular complexity index is 519. The Balaban J connectivity index is 1.81. The van der Waals surface area contributed by atoms with Gasteiger partial charge in [-0.05, 0) is 44.4 Å². The normalized spacial score (nSPS) is 20.6. The molecule has 1 aliphatic rings. The second-order valence-electron chi connectivity index (χ2n) is 6.61. The van der Waals surface area contributed by atoms with Crippen LogP contribution in [0.1, 0.15) is 38.7 Å². The van der Waals surface area contributed by atoms with Crippen LogP contribution < -0.4 is 10.1 Å². The van der Waals surface area contributed by atoms with Gasteiger partial charge in [0, 0.05) is 26.1 Å². The van der Waals surface area contributed by atoms with E-state index < -0.39 is 0 Å². The van der Waals surface area contributed by atoms with Crippen LogP contribution in [0.5, 0.6) is 5.75 Å². The molecule has 1 saturated carbocycles. The molecule has 2 unspecified atom stereocenters. The zero-order valence-electron chi connectivity index (χ0n) is 14.3. The van der Waals surface area contributed by atoms with Crippen molar-refractivity contribution >= 4 is 6.03 Å². The van der Waals surface area contributed by atoms with E-state index in [9.17, 15) is 9.90 Å². The van der Waals surface area contributed by atoms with Crippen LogP contribution in [0.4, 0.5) is 4.79 Å². The van der Waals surface area contributed by atoms with Crippen molar-refractivity contribution in [2.45, 2.75) is 51.9 Å². The first-order valence-corrected chi connectivity index (χ1v) is 8.38. The predicted octanol–water partition coefficient (Wildman–Crippen LogP) is 2.78. The van der Waals surface area contributed by atoms with Crippen LogP contribution in [0.25, 0.3) is 0 Å². The number of aliphatic hydroxyl groups excluding tert-OH is 1. The number of aliphatic hydroxyl groups is 1. The second kappa shape index (κ2) is 8.20. The number of ether oxygens (including phenoxy) is 1. The van der Waals surface area contributed by atoms with Crippen molar-refractivity contribution in [3.05, 3.63) is 29.8 Å². The average molecular weight is 320 g/mol. The largest absolute Gasteiger partial charge is 0.491 e. The van der Waals surface area contributed by atoms with E-state index in [0.717, 1.165) is 30.6 Å². The van der Waals surface area contributed by atoms with E-state index in [1.165, 1.54) is 0 Å². The topological polar surface area (TPSA) is 61.8 Å². The summed E-state index contributed by atoms with van der Waals surface area (Å²) < 4.78 is 5.66. The number of hydrogen-bond donors (Lipinski definition) is 2. The molecule has 1 aromatic carbocycles. The van der Waals surface area contributed by atoms with Crippen LogP contribution in [0.15, 0.2) is 24.3 Å². The third-order valence-corrected chi connectivity index (χ3v) is 4.19. The van der Waals surface area contributed by atoms with Gasteiger partial charge in [-0.3, -0.25) is 0 Å². The zero-order chi connectivity index (χ0) is 16.8. The molecule has 1 aliphatic carbocycles. The fraction of sp³-hybridized carbons (Fsp3) is 0.611. The van der Waals surface area contributed by atoms with Crippen molar-refractivity contribution in [1.29, 1.82) is 0 Å². The smallest absolute Gasteiger partial charge is 0.317 e. The molecule has 5 heteroatoms. The van der Waals surface area contributed by atoms with Crippen LogP contribution in [0.2, 0.25) is 0 Å². The number of urea groups is 1. The van der Waals surface area contributed by atoms with Gasteiger partial charge in [0.15, 0.2) is 0 Å². The van der Waals surface area contributed by atoms with Gasteiger partial charge in [0.1, 0.15) is 5.75 Å². The Kier molecular flexibility index (Phi) is 6.28. The molecule has 0 bridgehead atoms. The molecule has 5 nitrogen and oxygen atoms in total. The van der Waals surface area contributed by atoms with E-state index in [-0.39, 0.29) is 24.2 Å². The minimum absolute atomic E-state index is 0.112. The summed E-state index contributed by atoms with van der Waals surface area (Å²) in [7, 11) is 1.78. The Morgan fingerprint density at radius 3 is 2.87 bits per heavy atom. The van der Waals surface area contributed by atoms with E-state index in [4.69, 9.17) is 4.74 Å². The van der Waals surface area contributed by atoms with Crippen molar-refractivity contribution < 1.29 is 14.6 Å². The number of carbonyl (C=O) groups excluding carboxylic acids is 1. The predicted molar refractivity (Wildman–Crippen MR) is 90.4 cm³/mol. The molecule has 0 radical (unpaired) electrons. The van der Waals surface area contributed by atoms with Gasteiger partial charge in [-0.25, -0.2) is 4.79 Å². The highest BCUT2D eigenvalue weighted by molar-refractivity contribution is 5.73. The van der Waals surface area contributed by atoms with Gasteiger partial charge >= 0.3 is 6.03 Å². The van der Waals surface area contributed by atoms with Crippen LogP contribution in [0.3, 0.4) is 0 Å². The second-order valence-corrected chi connectivity index (χ2v) is 6.61. The molecule has 0 saturated heterocycles. The van der Waals surface area contributed by atoms with Gasteiger partial charge < -0.3 is 20.1 Å². The number of benzene rings is 1. The Morgan fingerprint density at radius 2 is 2.22 bits per heavy atom. The fourth-order valence-electron chi connectivity index (χ4n) is 2.98. The summed E-state index contributed by atoms with van der Waals surface area (Å²) in [6, 6.07) is 7.64. The van der Waals surface area contributed by atoms with Crippen molar-refractivity contribution in [2.24, 2.45) is 5.92 Å². The maximum atomic E-state index is 12.2. The first-order chi connectivity index (χ1) is 11.0. The summed E-state index contributed by atoms with van der Waals surface area (Å²) in [5, 5.41) is 12.8. The van der Waals surface area contributed by atoms with Gasteiger partial charge in [-0.15, -0.1) is 0 Å². The summed E-state index contributed by atoms with van der Waals surface area (Å²) >= 11 is 0. The molecule has 0 spiro atoms. The SMILES string of the molecule is CC(C)Oc1cccc(CNC(=O)N(C)CC2CCCC2O)c1. The molecule has 0 heterocycles. The fourth-order valence-corrected chi connectivity index (χ4v) is 2.98. The molecule has 0 aliphatic heterocycles.